The number of rotatable bonds is 3. The summed E-state index contributed by atoms with van der Waals surface area (Å²) in [6, 6.07) is 11.2. The highest BCUT2D eigenvalue weighted by Gasteiger charge is 2.15. The summed E-state index contributed by atoms with van der Waals surface area (Å²) >= 11 is 0. The van der Waals surface area contributed by atoms with Gasteiger partial charge in [-0.25, -0.2) is 4.98 Å². The molecule has 1 N–H and O–H groups in total. The summed E-state index contributed by atoms with van der Waals surface area (Å²) in [4.78, 5) is 21.0. The fourth-order valence-electron chi connectivity index (χ4n) is 2.26. The van der Waals surface area contributed by atoms with E-state index in [1.165, 1.54) is 0 Å². The predicted molar refractivity (Wildman–Crippen MR) is 88.1 cm³/mol. The lowest BCUT2D eigenvalue weighted by atomic mass is 10.2. The summed E-state index contributed by atoms with van der Waals surface area (Å²) in [6.07, 6.45) is 1.71. The van der Waals surface area contributed by atoms with Gasteiger partial charge in [-0.05, 0) is 37.6 Å². The molecule has 23 heavy (non-hydrogen) atoms. The second-order valence-corrected chi connectivity index (χ2v) is 5.33. The molecular weight excluding hydrogens is 290 g/mol. The van der Waals surface area contributed by atoms with Crippen LogP contribution >= 0.6 is 0 Å². The molecule has 0 radical (unpaired) electrons. The van der Waals surface area contributed by atoms with E-state index >= 15 is 0 Å². The normalized spacial score (nSPS) is 10.6. The number of aryl methyl sites for hydroxylation is 3. The molecule has 3 heterocycles. The minimum absolute atomic E-state index is 0.248. The lowest BCUT2D eigenvalue weighted by Crippen LogP contribution is -2.17. The molecule has 0 fully saturated rings. The molecule has 0 atom stereocenters. The summed E-state index contributed by atoms with van der Waals surface area (Å²) in [5.74, 6) is 0.347. The number of carbonyl (C=O) groups excluding carboxylic acids is 1. The summed E-state index contributed by atoms with van der Waals surface area (Å²) in [7, 11) is 1.78. The largest absolute Gasteiger partial charge is 0.305 e. The van der Waals surface area contributed by atoms with E-state index in [1.54, 1.807) is 24.0 Å². The second kappa shape index (κ2) is 6.00. The van der Waals surface area contributed by atoms with Gasteiger partial charge in [-0.2, -0.15) is 5.10 Å². The van der Waals surface area contributed by atoms with Gasteiger partial charge in [0.1, 0.15) is 17.2 Å². The molecule has 3 aromatic heterocycles. The van der Waals surface area contributed by atoms with Gasteiger partial charge < -0.3 is 5.32 Å². The Morgan fingerprint density at radius 1 is 1.13 bits per heavy atom. The third kappa shape index (κ3) is 3.11. The van der Waals surface area contributed by atoms with Gasteiger partial charge in [0, 0.05) is 25.0 Å². The van der Waals surface area contributed by atoms with Crippen molar-refractivity contribution < 1.29 is 4.79 Å². The van der Waals surface area contributed by atoms with Crippen molar-refractivity contribution in [2.45, 2.75) is 13.8 Å². The Morgan fingerprint density at radius 3 is 2.70 bits per heavy atom. The van der Waals surface area contributed by atoms with Crippen LogP contribution in [0.15, 0.2) is 42.6 Å². The summed E-state index contributed by atoms with van der Waals surface area (Å²) in [6.45, 7) is 3.73. The Morgan fingerprint density at radius 2 is 1.96 bits per heavy atom. The molecule has 0 aliphatic carbocycles. The first-order valence-electron chi connectivity index (χ1n) is 7.25. The zero-order valence-electron chi connectivity index (χ0n) is 13.2. The van der Waals surface area contributed by atoms with Crippen molar-refractivity contribution in [2.75, 3.05) is 5.32 Å². The molecule has 0 unspecified atom stereocenters. The molecule has 0 saturated carbocycles. The van der Waals surface area contributed by atoms with E-state index in [0.29, 0.717) is 17.2 Å². The van der Waals surface area contributed by atoms with Crippen molar-refractivity contribution >= 4 is 11.7 Å². The van der Waals surface area contributed by atoms with Gasteiger partial charge in [0.2, 0.25) is 0 Å². The first-order chi connectivity index (χ1) is 11.0. The Labute approximate surface area is 134 Å². The number of carbonyl (C=O) groups is 1. The van der Waals surface area contributed by atoms with Gasteiger partial charge in [-0.15, -0.1) is 0 Å². The second-order valence-electron chi connectivity index (χ2n) is 5.33. The van der Waals surface area contributed by atoms with Crippen molar-refractivity contribution in [3.63, 3.8) is 0 Å². The fraction of sp³-hybridized carbons (Fsp3) is 0.176. The van der Waals surface area contributed by atoms with Gasteiger partial charge in [0.05, 0.1) is 5.69 Å². The fourth-order valence-corrected chi connectivity index (χ4v) is 2.26. The van der Waals surface area contributed by atoms with Crippen LogP contribution in [-0.2, 0) is 7.05 Å². The average molecular weight is 307 g/mol. The molecular formula is C17H17N5O. The van der Waals surface area contributed by atoms with Crippen LogP contribution in [0.2, 0.25) is 0 Å². The number of anilines is 1. The molecule has 0 aromatic carbocycles. The van der Waals surface area contributed by atoms with E-state index in [9.17, 15) is 4.79 Å². The standard InChI is InChI=1S/C17H17N5O/c1-11-7-8-12(2)19-16(11)17(23)20-15-10-14(21-22(15)3)13-6-4-5-9-18-13/h4-10H,1-3H3,(H,20,23). The van der Waals surface area contributed by atoms with Crippen molar-refractivity contribution in [3.05, 3.63) is 59.5 Å². The highest BCUT2D eigenvalue weighted by molar-refractivity contribution is 6.03. The molecule has 3 rings (SSSR count). The minimum Gasteiger partial charge on any atom is -0.305 e. The van der Waals surface area contributed by atoms with Crippen LogP contribution in [0.25, 0.3) is 11.4 Å². The van der Waals surface area contributed by atoms with Crippen LogP contribution in [-0.4, -0.2) is 25.7 Å². The lowest BCUT2D eigenvalue weighted by Gasteiger charge is -2.07. The smallest absolute Gasteiger partial charge is 0.275 e. The summed E-state index contributed by atoms with van der Waals surface area (Å²) in [5, 5.41) is 7.24. The zero-order valence-corrected chi connectivity index (χ0v) is 13.2. The Balaban J connectivity index is 1.87. The first-order valence-corrected chi connectivity index (χ1v) is 7.25. The van der Waals surface area contributed by atoms with E-state index in [-0.39, 0.29) is 5.91 Å². The van der Waals surface area contributed by atoms with Crippen LogP contribution in [0.3, 0.4) is 0 Å². The number of pyridine rings is 2. The molecule has 1 amide bonds. The quantitative estimate of drug-likeness (QED) is 0.807. The van der Waals surface area contributed by atoms with Gasteiger partial charge in [0.25, 0.3) is 5.91 Å². The minimum atomic E-state index is -0.248. The Bertz CT molecular complexity index is 855. The highest BCUT2D eigenvalue weighted by atomic mass is 16.2. The molecule has 6 heteroatoms. The van der Waals surface area contributed by atoms with E-state index in [0.717, 1.165) is 17.0 Å². The summed E-state index contributed by atoms with van der Waals surface area (Å²) < 4.78 is 1.62. The molecule has 0 spiro atoms. The molecule has 0 aliphatic heterocycles. The van der Waals surface area contributed by atoms with E-state index < -0.39 is 0 Å². The third-order valence-electron chi connectivity index (χ3n) is 3.50. The maximum Gasteiger partial charge on any atom is 0.275 e. The van der Waals surface area contributed by atoms with E-state index in [4.69, 9.17) is 0 Å². The van der Waals surface area contributed by atoms with Crippen LogP contribution < -0.4 is 5.32 Å². The van der Waals surface area contributed by atoms with Gasteiger partial charge in [-0.3, -0.25) is 14.5 Å². The molecule has 0 saturated heterocycles. The van der Waals surface area contributed by atoms with Crippen LogP contribution in [0.5, 0.6) is 0 Å². The van der Waals surface area contributed by atoms with Crippen molar-refractivity contribution in [1.29, 1.82) is 0 Å². The zero-order chi connectivity index (χ0) is 16.4. The highest BCUT2D eigenvalue weighted by Crippen LogP contribution is 2.19. The van der Waals surface area contributed by atoms with Gasteiger partial charge >= 0.3 is 0 Å². The van der Waals surface area contributed by atoms with Crippen LogP contribution in [0.4, 0.5) is 5.82 Å². The molecule has 3 aromatic rings. The number of hydrogen-bond donors (Lipinski definition) is 1. The number of amides is 1. The molecule has 6 nitrogen and oxygen atoms in total. The number of aromatic nitrogens is 4. The molecule has 116 valence electrons. The third-order valence-corrected chi connectivity index (χ3v) is 3.50. The Kier molecular flexibility index (Phi) is 3.89. The maximum absolute atomic E-state index is 12.5. The molecule has 0 aliphatic rings. The number of nitrogens with zero attached hydrogens (tertiary/aromatic N) is 4. The van der Waals surface area contributed by atoms with Gasteiger partial charge in [0.15, 0.2) is 0 Å². The predicted octanol–water partition coefficient (Wildman–Crippen LogP) is 2.75. The average Bonchev–Trinajstić information content (AvgIpc) is 2.91. The monoisotopic (exact) mass is 307 g/mol. The van der Waals surface area contributed by atoms with Gasteiger partial charge in [-0.1, -0.05) is 12.1 Å². The van der Waals surface area contributed by atoms with Crippen molar-refractivity contribution in [2.24, 2.45) is 7.05 Å². The van der Waals surface area contributed by atoms with E-state index in [2.05, 4.69) is 20.4 Å². The first kappa shape index (κ1) is 14.9. The van der Waals surface area contributed by atoms with Crippen molar-refractivity contribution in [1.82, 2.24) is 19.7 Å². The topological polar surface area (TPSA) is 72.7 Å². The molecule has 0 bridgehead atoms. The van der Waals surface area contributed by atoms with Crippen LogP contribution in [0.1, 0.15) is 21.7 Å². The summed E-state index contributed by atoms with van der Waals surface area (Å²) in [5.41, 5.74) is 3.52. The number of nitrogens with one attached hydrogen (secondary N) is 1. The maximum atomic E-state index is 12.5. The van der Waals surface area contributed by atoms with E-state index in [1.807, 2.05) is 44.2 Å². The SMILES string of the molecule is Cc1ccc(C)c(C(=O)Nc2cc(-c3ccccn3)nn2C)n1. The number of hydrogen-bond acceptors (Lipinski definition) is 4. The Hall–Kier alpha value is -3.02. The van der Waals surface area contributed by atoms with Crippen molar-refractivity contribution in [3.8, 4) is 11.4 Å². The van der Waals surface area contributed by atoms with Crippen LogP contribution in [0, 0.1) is 13.8 Å². The lowest BCUT2D eigenvalue weighted by molar-refractivity contribution is 0.102.